The van der Waals surface area contributed by atoms with Crippen molar-refractivity contribution in [2.24, 2.45) is 5.73 Å². The number of allylic oxidation sites excluding steroid dienone is 6. The van der Waals surface area contributed by atoms with Gasteiger partial charge in [-0.2, -0.15) is 0 Å². The smallest absolute Gasteiger partial charge is 0.336 e. The molecule has 2 heterocycles. The highest BCUT2D eigenvalue weighted by molar-refractivity contribution is 9.10. The van der Waals surface area contributed by atoms with Crippen LogP contribution in [0.5, 0.6) is 0 Å². The van der Waals surface area contributed by atoms with Crippen LogP contribution in [0.4, 0.5) is 0 Å². The minimum absolute atomic E-state index is 0. The molecule has 2 aliphatic carbocycles. The zero-order valence-corrected chi connectivity index (χ0v) is 34.7. The molecule has 0 bridgehead atoms. The van der Waals surface area contributed by atoms with Crippen molar-refractivity contribution in [3.05, 3.63) is 114 Å². The van der Waals surface area contributed by atoms with Gasteiger partial charge in [0.25, 0.3) is 5.91 Å². The molecule has 0 radical (unpaired) electrons. The van der Waals surface area contributed by atoms with Crippen molar-refractivity contribution >= 4 is 77.1 Å². The van der Waals surface area contributed by atoms with Crippen molar-refractivity contribution in [2.45, 2.75) is 87.7 Å². The average Bonchev–Trinajstić information content (AvgIpc) is 3.68. The maximum atomic E-state index is 12.8. The third-order valence-electron chi connectivity index (χ3n) is 9.25. The van der Waals surface area contributed by atoms with Crippen LogP contribution in [0.2, 0.25) is 0 Å². The molecular formula is C43H52Br2N4O5. The highest BCUT2D eigenvalue weighted by Crippen LogP contribution is 2.29. The predicted molar refractivity (Wildman–Crippen MR) is 227 cm³/mol. The molecule has 0 saturated heterocycles. The molecule has 11 heteroatoms. The first-order chi connectivity index (χ1) is 24.9. The third kappa shape index (κ3) is 10.2. The lowest BCUT2D eigenvalue weighted by molar-refractivity contribution is -0.115. The SMILES string of the molecule is C.CC(C)n1ccc2c(C(=O)O)cc(Br)cc21.CC1=CC(C)=C(CN)C(=O)C1.CC1=CC(C)=C(CNC(=O)c2cc(Br)cc3c2ccn3C(C)C)C(=O)C1. The van der Waals surface area contributed by atoms with E-state index in [4.69, 9.17) is 10.8 Å². The van der Waals surface area contributed by atoms with E-state index in [0.29, 0.717) is 48.2 Å². The van der Waals surface area contributed by atoms with Gasteiger partial charge >= 0.3 is 5.97 Å². The molecule has 0 atom stereocenters. The summed E-state index contributed by atoms with van der Waals surface area (Å²) in [5.41, 5.74) is 14.0. The average molecular weight is 865 g/mol. The molecule has 1 amide bonds. The molecule has 6 rings (SSSR count). The van der Waals surface area contributed by atoms with Crippen molar-refractivity contribution in [1.82, 2.24) is 14.5 Å². The quantitative estimate of drug-likeness (QED) is 0.169. The van der Waals surface area contributed by atoms with Crippen molar-refractivity contribution in [2.75, 3.05) is 13.1 Å². The maximum Gasteiger partial charge on any atom is 0.336 e. The number of aromatic nitrogens is 2. The number of carbonyl (C=O) groups excluding carboxylic acids is 3. The van der Waals surface area contributed by atoms with Crippen LogP contribution >= 0.6 is 31.9 Å². The zero-order valence-electron chi connectivity index (χ0n) is 31.6. The fourth-order valence-electron chi connectivity index (χ4n) is 6.67. The first kappa shape index (κ1) is 44.1. The molecule has 4 aromatic rings. The van der Waals surface area contributed by atoms with E-state index in [9.17, 15) is 19.2 Å². The number of nitrogens with one attached hydrogen (secondary N) is 1. The number of carboxylic acid groups (broad SMARTS) is 1. The van der Waals surface area contributed by atoms with Crippen molar-refractivity contribution in [3.8, 4) is 0 Å². The molecule has 4 N–H and O–H groups in total. The number of ketones is 2. The molecule has 2 aromatic heterocycles. The lowest BCUT2D eigenvalue weighted by atomic mass is 9.92. The van der Waals surface area contributed by atoms with E-state index in [2.05, 4.69) is 74.0 Å². The highest BCUT2D eigenvalue weighted by atomic mass is 79.9. The fraction of sp³-hybridized carbons (Fsp3) is 0.349. The van der Waals surface area contributed by atoms with Gasteiger partial charge in [-0.1, -0.05) is 62.6 Å². The van der Waals surface area contributed by atoms with Crippen LogP contribution < -0.4 is 11.1 Å². The lowest BCUT2D eigenvalue weighted by Gasteiger charge is -2.16. The van der Waals surface area contributed by atoms with Crippen molar-refractivity contribution in [1.29, 1.82) is 0 Å². The van der Waals surface area contributed by atoms with Gasteiger partial charge in [0.1, 0.15) is 0 Å². The van der Waals surface area contributed by atoms with Crippen LogP contribution in [-0.4, -0.2) is 50.8 Å². The number of nitrogens with zero attached hydrogens (tertiary/aromatic N) is 2. The molecule has 0 spiro atoms. The summed E-state index contributed by atoms with van der Waals surface area (Å²) in [7, 11) is 0. The third-order valence-corrected chi connectivity index (χ3v) is 10.2. The van der Waals surface area contributed by atoms with Crippen LogP contribution in [-0.2, 0) is 9.59 Å². The van der Waals surface area contributed by atoms with Gasteiger partial charge in [-0.05, 0) is 103 Å². The number of hydrogen-bond donors (Lipinski definition) is 3. The second-order valence-electron chi connectivity index (χ2n) is 14.1. The van der Waals surface area contributed by atoms with E-state index in [1.807, 2.05) is 82.6 Å². The van der Waals surface area contributed by atoms with Crippen LogP contribution in [0, 0.1) is 0 Å². The number of halogens is 2. The Bertz CT molecular complexity index is 2230. The van der Waals surface area contributed by atoms with E-state index in [-0.39, 0.29) is 31.4 Å². The van der Waals surface area contributed by atoms with Crippen LogP contribution in [0.3, 0.4) is 0 Å². The van der Waals surface area contributed by atoms with Crippen molar-refractivity contribution in [3.63, 3.8) is 0 Å². The Hall–Kier alpha value is -4.32. The van der Waals surface area contributed by atoms with E-state index >= 15 is 0 Å². The van der Waals surface area contributed by atoms with Gasteiger partial charge in [-0.25, -0.2) is 4.79 Å². The number of hydrogen-bond acceptors (Lipinski definition) is 5. The Morgan fingerprint density at radius 2 is 1.19 bits per heavy atom. The molecule has 0 aliphatic heterocycles. The topological polar surface area (TPSA) is 136 Å². The number of amides is 1. The molecule has 0 unspecified atom stereocenters. The van der Waals surface area contributed by atoms with Gasteiger partial charge in [0.15, 0.2) is 11.6 Å². The molecule has 9 nitrogen and oxygen atoms in total. The summed E-state index contributed by atoms with van der Waals surface area (Å²) >= 11 is 6.85. The minimum Gasteiger partial charge on any atom is -0.478 e. The Morgan fingerprint density at radius 1 is 0.759 bits per heavy atom. The molecule has 0 saturated carbocycles. The van der Waals surface area contributed by atoms with Gasteiger partial charge in [-0.15, -0.1) is 0 Å². The van der Waals surface area contributed by atoms with E-state index < -0.39 is 5.97 Å². The first-order valence-electron chi connectivity index (χ1n) is 17.5. The summed E-state index contributed by atoms with van der Waals surface area (Å²) in [6.07, 6.45) is 8.95. The van der Waals surface area contributed by atoms with Gasteiger partial charge < -0.3 is 25.3 Å². The molecule has 2 aliphatic rings. The number of carbonyl (C=O) groups is 4. The monoisotopic (exact) mass is 862 g/mol. The van der Waals surface area contributed by atoms with E-state index in [1.165, 1.54) is 0 Å². The number of aromatic carboxylic acids is 1. The minimum atomic E-state index is -0.896. The van der Waals surface area contributed by atoms with Crippen LogP contribution in [0.1, 0.15) is 108 Å². The largest absolute Gasteiger partial charge is 0.478 e. The summed E-state index contributed by atoms with van der Waals surface area (Å²) in [6.45, 7) is 16.8. The summed E-state index contributed by atoms with van der Waals surface area (Å²) in [6, 6.07) is 11.9. The lowest BCUT2D eigenvalue weighted by Crippen LogP contribution is -2.29. The fourth-order valence-corrected chi connectivity index (χ4v) is 7.56. The number of benzene rings is 2. The summed E-state index contributed by atoms with van der Waals surface area (Å²) in [5.74, 6) is -0.789. The Morgan fingerprint density at radius 3 is 1.59 bits per heavy atom. The van der Waals surface area contributed by atoms with Crippen LogP contribution in [0.15, 0.2) is 103 Å². The second-order valence-corrected chi connectivity index (χ2v) is 15.9. The molecule has 54 heavy (non-hydrogen) atoms. The molecular weight excluding hydrogens is 812 g/mol. The predicted octanol–water partition coefficient (Wildman–Crippen LogP) is 10.4. The first-order valence-corrected chi connectivity index (χ1v) is 19.1. The Kier molecular flexibility index (Phi) is 15.4. The molecule has 0 fully saturated rings. The standard InChI is InChI=1S/C21H23BrN2O2.C12H12BrNO2.C9H13NO.CH4/c1-12(2)24-6-5-16-17(9-15(22)10-19(16)24)21(26)23-11-18-14(4)7-13(3)8-20(18)25;1-7(2)14-4-3-9-10(12(15)16)5-8(13)6-11(9)14;1-6-3-7(2)8(5-10)9(11)4-6;/h5-7,9-10,12H,8,11H2,1-4H3,(H,23,26);3-7H,1-2H3,(H,15,16);3H,4-5,10H2,1-2H3;1H4. The zero-order chi connectivity index (χ0) is 39.3. The van der Waals surface area contributed by atoms with E-state index in [0.717, 1.165) is 58.6 Å². The highest BCUT2D eigenvalue weighted by Gasteiger charge is 2.20. The number of Topliss-reactive ketones (excluding diaryl/α,β-unsaturated/α-hetero) is 2. The summed E-state index contributed by atoms with van der Waals surface area (Å²) < 4.78 is 5.85. The van der Waals surface area contributed by atoms with Gasteiger partial charge in [-0.3, -0.25) is 14.4 Å². The van der Waals surface area contributed by atoms with Gasteiger partial charge in [0.2, 0.25) is 0 Å². The number of nitrogens with two attached hydrogens (primary N) is 1. The summed E-state index contributed by atoms with van der Waals surface area (Å²) in [5, 5.41) is 13.7. The number of rotatable bonds is 7. The van der Waals surface area contributed by atoms with Gasteiger partial charge in [0.05, 0.1) is 16.6 Å². The summed E-state index contributed by atoms with van der Waals surface area (Å²) in [4.78, 5) is 47.5. The Balaban J connectivity index is 0.000000238. The number of fused-ring (bicyclic) bond motifs is 2. The van der Waals surface area contributed by atoms with Crippen LogP contribution in [0.25, 0.3) is 21.8 Å². The van der Waals surface area contributed by atoms with Gasteiger partial charge in [0, 0.05) is 86.8 Å². The maximum absolute atomic E-state index is 12.8. The number of carboxylic acids is 1. The Labute approximate surface area is 335 Å². The second kappa shape index (κ2) is 18.8. The molecule has 2 aromatic carbocycles. The van der Waals surface area contributed by atoms with Crippen molar-refractivity contribution < 1.29 is 24.3 Å². The normalized spacial score (nSPS) is 14.4. The van der Waals surface area contributed by atoms with E-state index in [1.54, 1.807) is 6.07 Å². The molecule has 288 valence electrons.